The van der Waals surface area contributed by atoms with Crippen LogP contribution < -0.4 is 0 Å². The fourth-order valence-electron chi connectivity index (χ4n) is 2.95. The molecule has 1 rings (SSSR count). The van der Waals surface area contributed by atoms with E-state index in [1.807, 2.05) is 0 Å². The van der Waals surface area contributed by atoms with Gasteiger partial charge in [0.05, 0.1) is 12.2 Å². The highest BCUT2D eigenvalue weighted by molar-refractivity contribution is 5.86. The Kier molecular flexibility index (Phi) is 5.82. The standard InChI is InChI=1S/C14H24O4/c1-9(2)13-4-3-10(7-15)5-11(13)6-12(8-16)14(17)18/h6,9-11,13,15-16H,3-5,7-8H2,1-2H3,(H,17,18). The highest BCUT2D eigenvalue weighted by Crippen LogP contribution is 2.39. The van der Waals surface area contributed by atoms with Gasteiger partial charge in [0.15, 0.2) is 0 Å². The van der Waals surface area contributed by atoms with Gasteiger partial charge in [-0.2, -0.15) is 0 Å². The molecule has 0 aromatic heterocycles. The van der Waals surface area contributed by atoms with Gasteiger partial charge in [-0.1, -0.05) is 19.9 Å². The zero-order valence-electron chi connectivity index (χ0n) is 11.2. The Hall–Kier alpha value is -0.870. The molecular formula is C14H24O4. The van der Waals surface area contributed by atoms with Gasteiger partial charge in [0, 0.05) is 6.61 Å². The number of carbonyl (C=O) groups is 1. The molecule has 104 valence electrons. The van der Waals surface area contributed by atoms with Gasteiger partial charge in [-0.05, 0) is 42.9 Å². The van der Waals surface area contributed by atoms with Crippen LogP contribution in [0.3, 0.4) is 0 Å². The van der Waals surface area contributed by atoms with Crippen LogP contribution in [0.4, 0.5) is 0 Å². The lowest BCUT2D eigenvalue weighted by molar-refractivity contribution is -0.133. The number of aliphatic carboxylic acids is 1. The summed E-state index contributed by atoms with van der Waals surface area (Å²) in [6.07, 6.45) is 4.54. The van der Waals surface area contributed by atoms with Crippen LogP contribution in [0.2, 0.25) is 0 Å². The molecule has 0 radical (unpaired) electrons. The maximum atomic E-state index is 11.0. The number of rotatable bonds is 5. The van der Waals surface area contributed by atoms with Crippen molar-refractivity contribution in [1.82, 2.24) is 0 Å². The molecule has 0 aliphatic heterocycles. The fraction of sp³-hybridized carbons (Fsp3) is 0.786. The van der Waals surface area contributed by atoms with Gasteiger partial charge in [0.2, 0.25) is 0 Å². The Labute approximate surface area is 108 Å². The van der Waals surface area contributed by atoms with Crippen LogP contribution >= 0.6 is 0 Å². The van der Waals surface area contributed by atoms with Crippen molar-refractivity contribution in [1.29, 1.82) is 0 Å². The molecule has 18 heavy (non-hydrogen) atoms. The summed E-state index contributed by atoms with van der Waals surface area (Å²) in [5, 5.41) is 27.3. The molecule has 3 unspecified atom stereocenters. The molecule has 4 nitrogen and oxygen atoms in total. The minimum absolute atomic E-state index is 0.0734. The number of aliphatic hydroxyl groups excluding tert-OH is 2. The first-order chi connectivity index (χ1) is 8.49. The Bertz CT molecular complexity index is 309. The van der Waals surface area contributed by atoms with Gasteiger partial charge in [-0.3, -0.25) is 0 Å². The van der Waals surface area contributed by atoms with Crippen molar-refractivity contribution in [3.63, 3.8) is 0 Å². The van der Waals surface area contributed by atoms with Crippen molar-refractivity contribution in [2.24, 2.45) is 23.7 Å². The second-order valence-corrected chi connectivity index (χ2v) is 5.59. The predicted octanol–water partition coefficient (Wildman–Crippen LogP) is 1.67. The van der Waals surface area contributed by atoms with Crippen LogP contribution in [-0.2, 0) is 4.79 Å². The largest absolute Gasteiger partial charge is 0.478 e. The molecule has 1 aliphatic carbocycles. The second-order valence-electron chi connectivity index (χ2n) is 5.59. The Morgan fingerprint density at radius 1 is 1.33 bits per heavy atom. The number of carboxylic acids is 1. The summed E-state index contributed by atoms with van der Waals surface area (Å²) in [5.74, 6) is 0.281. The lowest BCUT2D eigenvalue weighted by Crippen LogP contribution is -2.29. The van der Waals surface area contributed by atoms with Crippen LogP contribution in [0.25, 0.3) is 0 Å². The zero-order chi connectivity index (χ0) is 13.7. The molecule has 4 heteroatoms. The molecule has 0 aromatic carbocycles. The second kappa shape index (κ2) is 6.90. The number of hydrogen-bond acceptors (Lipinski definition) is 3. The van der Waals surface area contributed by atoms with Crippen LogP contribution in [0.15, 0.2) is 11.6 Å². The third kappa shape index (κ3) is 3.82. The zero-order valence-corrected chi connectivity index (χ0v) is 11.2. The molecule has 0 spiro atoms. The molecule has 0 aromatic rings. The molecule has 1 fully saturated rings. The topological polar surface area (TPSA) is 77.8 Å². The van der Waals surface area contributed by atoms with Gasteiger partial charge in [-0.15, -0.1) is 0 Å². The minimum atomic E-state index is -1.05. The Balaban J connectivity index is 2.87. The van der Waals surface area contributed by atoms with E-state index in [2.05, 4.69) is 13.8 Å². The maximum Gasteiger partial charge on any atom is 0.333 e. The normalized spacial score (nSPS) is 29.6. The molecule has 0 amide bonds. The first-order valence-electron chi connectivity index (χ1n) is 6.65. The lowest BCUT2D eigenvalue weighted by Gasteiger charge is -2.36. The van der Waals surface area contributed by atoms with Crippen LogP contribution in [-0.4, -0.2) is 34.5 Å². The van der Waals surface area contributed by atoms with E-state index in [-0.39, 0.29) is 24.0 Å². The molecule has 0 heterocycles. The van der Waals surface area contributed by atoms with E-state index < -0.39 is 12.6 Å². The van der Waals surface area contributed by atoms with Gasteiger partial charge in [-0.25, -0.2) is 4.79 Å². The molecule has 1 aliphatic rings. The summed E-state index contributed by atoms with van der Waals surface area (Å²) in [6.45, 7) is 4.02. The van der Waals surface area contributed by atoms with E-state index >= 15 is 0 Å². The molecule has 3 atom stereocenters. The Morgan fingerprint density at radius 2 is 2.00 bits per heavy atom. The highest BCUT2D eigenvalue weighted by atomic mass is 16.4. The van der Waals surface area contributed by atoms with Crippen LogP contribution in [0.1, 0.15) is 33.1 Å². The first kappa shape index (κ1) is 15.2. The molecule has 1 saturated carbocycles. The van der Waals surface area contributed by atoms with E-state index in [9.17, 15) is 9.90 Å². The third-order valence-corrected chi connectivity index (χ3v) is 4.04. The molecule has 0 saturated heterocycles. The van der Waals surface area contributed by atoms with Gasteiger partial charge in [0.25, 0.3) is 0 Å². The summed E-state index contributed by atoms with van der Waals surface area (Å²) in [4.78, 5) is 11.0. The first-order valence-corrected chi connectivity index (χ1v) is 6.65. The van der Waals surface area contributed by atoms with E-state index in [0.717, 1.165) is 19.3 Å². The SMILES string of the molecule is CC(C)C1CCC(CO)CC1C=C(CO)C(=O)O. The van der Waals surface area contributed by atoms with Crippen molar-refractivity contribution < 1.29 is 20.1 Å². The quantitative estimate of drug-likeness (QED) is 0.654. The van der Waals surface area contributed by atoms with Crippen molar-refractivity contribution in [2.75, 3.05) is 13.2 Å². The highest BCUT2D eigenvalue weighted by Gasteiger charge is 2.31. The van der Waals surface area contributed by atoms with Crippen LogP contribution in [0, 0.1) is 23.7 Å². The molecule has 3 N–H and O–H groups in total. The smallest absolute Gasteiger partial charge is 0.333 e. The van der Waals surface area contributed by atoms with Gasteiger partial charge >= 0.3 is 5.97 Å². The van der Waals surface area contributed by atoms with Crippen molar-refractivity contribution >= 4 is 5.97 Å². The van der Waals surface area contributed by atoms with Crippen molar-refractivity contribution in [3.05, 3.63) is 11.6 Å². The minimum Gasteiger partial charge on any atom is -0.478 e. The Morgan fingerprint density at radius 3 is 2.44 bits per heavy atom. The summed E-state index contributed by atoms with van der Waals surface area (Å²) in [5.41, 5.74) is 0.0734. The van der Waals surface area contributed by atoms with E-state index in [1.54, 1.807) is 6.08 Å². The summed E-state index contributed by atoms with van der Waals surface area (Å²) in [6, 6.07) is 0. The number of hydrogen-bond donors (Lipinski definition) is 3. The van der Waals surface area contributed by atoms with Crippen molar-refractivity contribution in [3.8, 4) is 0 Å². The third-order valence-electron chi connectivity index (χ3n) is 4.04. The van der Waals surface area contributed by atoms with E-state index in [1.165, 1.54) is 0 Å². The van der Waals surface area contributed by atoms with Gasteiger partial charge in [0.1, 0.15) is 0 Å². The predicted molar refractivity (Wildman–Crippen MR) is 69.0 cm³/mol. The van der Waals surface area contributed by atoms with E-state index in [0.29, 0.717) is 11.8 Å². The summed E-state index contributed by atoms with van der Waals surface area (Å²) < 4.78 is 0. The van der Waals surface area contributed by atoms with Crippen molar-refractivity contribution in [2.45, 2.75) is 33.1 Å². The summed E-state index contributed by atoms with van der Waals surface area (Å²) in [7, 11) is 0. The summed E-state index contributed by atoms with van der Waals surface area (Å²) >= 11 is 0. The monoisotopic (exact) mass is 256 g/mol. The number of allylic oxidation sites excluding steroid dienone is 1. The lowest BCUT2D eigenvalue weighted by atomic mass is 9.69. The van der Waals surface area contributed by atoms with Crippen LogP contribution in [0.5, 0.6) is 0 Å². The van der Waals surface area contributed by atoms with Gasteiger partial charge < -0.3 is 15.3 Å². The average molecular weight is 256 g/mol. The molecular weight excluding hydrogens is 232 g/mol. The van der Waals surface area contributed by atoms with E-state index in [4.69, 9.17) is 10.2 Å². The maximum absolute atomic E-state index is 11.0. The molecule has 0 bridgehead atoms. The number of aliphatic hydroxyl groups is 2. The average Bonchev–Trinajstić information content (AvgIpc) is 2.34. The number of carboxylic acid groups (broad SMARTS) is 1. The fourth-order valence-corrected chi connectivity index (χ4v) is 2.95.